The topological polar surface area (TPSA) is 49.7 Å². The van der Waals surface area contributed by atoms with Crippen molar-refractivity contribution in [1.29, 1.82) is 0 Å². The molecule has 0 aromatic carbocycles. The van der Waals surface area contributed by atoms with Crippen molar-refractivity contribution in [2.24, 2.45) is 0 Å². The van der Waals surface area contributed by atoms with Crippen LogP contribution in [0.5, 0.6) is 0 Å². The smallest absolute Gasteiger partial charge is 0.183 e. The molecule has 0 heterocycles. The maximum absolute atomic E-state index is 8.88. The van der Waals surface area contributed by atoms with Gasteiger partial charge >= 0.3 is 0 Å². The Labute approximate surface area is 86.7 Å². The van der Waals surface area contributed by atoms with Gasteiger partial charge in [-0.1, -0.05) is 13.3 Å². The number of ether oxygens (including phenoxy) is 1. The molecule has 14 heavy (non-hydrogen) atoms. The van der Waals surface area contributed by atoms with Gasteiger partial charge in [0.05, 0.1) is 26.9 Å². The maximum Gasteiger partial charge on any atom is 0.183 e. The van der Waals surface area contributed by atoms with Crippen molar-refractivity contribution in [3.63, 3.8) is 0 Å². The number of hydrogen-bond acceptors (Lipinski definition) is 3. The average Bonchev–Trinajstić information content (AvgIpc) is 2.13. The van der Waals surface area contributed by atoms with Crippen LogP contribution in [0.25, 0.3) is 0 Å². The highest BCUT2D eigenvalue weighted by atomic mass is 16.5. The third-order valence-electron chi connectivity index (χ3n) is 2.32. The number of nitrogens with zero attached hydrogens (tertiary/aromatic N) is 1. The highest BCUT2D eigenvalue weighted by molar-refractivity contribution is 4.35. The van der Waals surface area contributed by atoms with Crippen LogP contribution in [0.4, 0.5) is 0 Å². The molecule has 4 heteroatoms. The summed E-state index contributed by atoms with van der Waals surface area (Å²) in [5, 5.41) is 17.8. The quantitative estimate of drug-likeness (QED) is 0.322. The van der Waals surface area contributed by atoms with Crippen molar-refractivity contribution in [3.8, 4) is 0 Å². The zero-order valence-electron chi connectivity index (χ0n) is 9.41. The van der Waals surface area contributed by atoms with E-state index in [1.54, 1.807) is 0 Å². The Kier molecular flexibility index (Phi) is 8.08. The van der Waals surface area contributed by atoms with E-state index in [-0.39, 0.29) is 13.2 Å². The number of quaternary nitrogens is 1. The first-order valence-corrected chi connectivity index (χ1v) is 5.31. The lowest BCUT2D eigenvalue weighted by molar-refractivity contribution is -0.928. The summed E-state index contributed by atoms with van der Waals surface area (Å²) in [6.45, 7) is 4.99. The first kappa shape index (κ1) is 13.8. The lowest BCUT2D eigenvalue weighted by Crippen LogP contribution is -2.49. The highest BCUT2D eigenvalue weighted by Crippen LogP contribution is 2.02. The molecule has 0 aliphatic rings. The van der Waals surface area contributed by atoms with E-state index in [1.165, 1.54) is 0 Å². The molecule has 4 nitrogen and oxygen atoms in total. The standard InChI is InChI=1S/C10H24NO3/c1-3-4-9-14-10-11(2,5-7-12)6-8-13/h12-13H,3-10H2,1-2H3/q+1. The second-order valence-corrected chi connectivity index (χ2v) is 3.90. The maximum atomic E-state index is 8.88. The molecule has 2 N–H and O–H groups in total. The summed E-state index contributed by atoms with van der Waals surface area (Å²) in [5.41, 5.74) is 0. The van der Waals surface area contributed by atoms with E-state index in [0.717, 1.165) is 19.4 Å². The van der Waals surface area contributed by atoms with Gasteiger partial charge in [0.1, 0.15) is 13.1 Å². The highest BCUT2D eigenvalue weighted by Gasteiger charge is 2.19. The molecule has 0 saturated heterocycles. The van der Waals surface area contributed by atoms with E-state index in [2.05, 4.69) is 6.92 Å². The van der Waals surface area contributed by atoms with Gasteiger partial charge in [0.15, 0.2) is 6.73 Å². The Balaban J connectivity index is 3.71. The predicted molar refractivity (Wildman–Crippen MR) is 55.8 cm³/mol. The summed E-state index contributed by atoms with van der Waals surface area (Å²) in [6, 6.07) is 0. The van der Waals surface area contributed by atoms with Gasteiger partial charge in [-0.05, 0) is 6.42 Å². The fraction of sp³-hybridized carbons (Fsp3) is 1.00. The molecule has 0 bridgehead atoms. The number of aliphatic hydroxyl groups excluding tert-OH is 2. The lowest BCUT2D eigenvalue weighted by Gasteiger charge is -2.32. The number of rotatable bonds is 9. The number of likely N-dealkylation sites (N-methyl/N-ethyl adjacent to an activating group) is 1. The summed E-state index contributed by atoms with van der Waals surface area (Å²) in [7, 11) is 1.98. The van der Waals surface area contributed by atoms with Gasteiger partial charge in [0, 0.05) is 0 Å². The Morgan fingerprint density at radius 1 is 1.14 bits per heavy atom. The molecule has 0 radical (unpaired) electrons. The molecule has 86 valence electrons. The van der Waals surface area contributed by atoms with Crippen LogP contribution < -0.4 is 0 Å². The Morgan fingerprint density at radius 2 is 1.71 bits per heavy atom. The summed E-state index contributed by atoms with van der Waals surface area (Å²) in [4.78, 5) is 0. The first-order valence-electron chi connectivity index (χ1n) is 5.31. The summed E-state index contributed by atoms with van der Waals surface area (Å²) in [5.74, 6) is 0. The third-order valence-corrected chi connectivity index (χ3v) is 2.32. The van der Waals surface area contributed by atoms with Crippen molar-refractivity contribution >= 4 is 0 Å². The van der Waals surface area contributed by atoms with Gasteiger partial charge in [0.25, 0.3) is 0 Å². The second kappa shape index (κ2) is 8.17. The van der Waals surface area contributed by atoms with Crippen molar-refractivity contribution in [1.82, 2.24) is 0 Å². The summed E-state index contributed by atoms with van der Waals surface area (Å²) < 4.78 is 6.07. The van der Waals surface area contributed by atoms with E-state index in [1.807, 2.05) is 7.05 Å². The van der Waals surface area contributed by atoms with Gasteiger partial charge in [-0.15, -0.1) is 0 Å². The van der Waals surface area contributed by atoms with E-state index in [4.69, 9.17) is 14.9 Å². The van der Waals surface area contributed by atoms with Crippen LogP contribution >= 0.6 is 0 Å². The molecule has 0 aromatic heterocycles. The third kappa shape index (κ3) is 6.32. The number of hydrogen-bond donors (Lipinski definition) is 2. The van der Waals surface area contributed by atoms with Crippen LogP contribution in [-0.2, 0) is 4.74 Å². The molecule has 0 aliphatic heterocycles. The minimum Gasteiger partial charge on any atom is -0.391 e. The largest absolute Gasteiger partial charge is 0.391 e. The Morgan fingerprint density at radius 3 is 2.14 bits per heavy atom. The van der Waals surface area contributed by atoms with Crippen LogP contribution in [0, 0.1) is 0 Å². The van der Waals surface area contributed by atoms with Crippen LogP contribution in [0.2, 0.25) is 0 Å². The zero-order valence-corrected chi connectivity index (χ0v) is 9.41. The van der Waals surface area contributed by atoms with Crippen LogP contribution in [0.15, 0.2) is 0 Å². The fourth-order valence-corrected chi connectivity index (χ4v) is 1.26. The molecule has 0 saturated carbocycles. The molecule has 0 rings (SSSR count). The van der Waals surface area contributed by atoms with Gasteiger partial charge in [-0.3, -0.25) is 4.48 Å². The minimum atomic E-state index is 0.133. The van der Waals surface area contributed by atoms with Crippen LogP contribution in [0.1, 0.15) is 19.8 Å². The number of unbranched alkanes of at least 4 members (excludes halogenated alkanes) is 1. The SMILES string of the molecule is CCCCOC[N+](C)(CCO)CCO. The first-order chi connectivity index (χ1) is 6.68. The normalized spacial score (nSPS) is 12.0. The Bertz CT molecular complexity index is 125. The van der Waals surface area contributed by atoms with Gasteiger partial charge < -0.3 is 14.9 Å². The summed E-state index contributed by atoms with van der Waals surface area (Å²) >= 11 is 0. The molecule has 0 spiro atoms. The van der Waals surface area contributed by atoms with Crippen LogP contribution in [-0.4, -0.2) is 61.4 Å². The van der Waals surface area contributed by atoms with E-state index < -0.39 is 0 Å². The molecule has 0 fully saturated rings. The molecule has 0 aromatic rings. The van der Waals surface area contributed by atoms with Gasteiger partial charge in [-0.2, -0.15) is 0 Å². The van der Waals surface area contributed by atoms with E-state index in [0.29, 0.717) is 24.3 Å². The monoisotopic (exact) mass is 206 g/mol. The van der Waals surface area contributed by atoms with Crippen molar-refractivity contribution < 1.29 is 19.4 Å². The van der Waals surface area contributed by atoms with Gasteiger partial charge in [0.2, 0.25) is 0 Å². The molecule has 0 amide bonds. The van der Waals surface area contributed by atoms with E-state index >= 15 is 0 Å². The minimum absolute atomic E-state index is 0.133. The molecular weight excluding hydrogens is 182 g/mol. The zero-order chi connectivity index (χ0) is 10.9. The predicted octanol–water partition coefficient (Wildman–Crippen LogP) is 0.192. The van der Waals surface area contributed by atoms with Crippen molar-refractivity contribution in [2.45, 2.75) is 19.8 Å². The molecule has 0 aliphatic carbocycles. The fourth-order valence-electron chi connectivity index (χ4n) is 1.26. The lowest BCUT2D eigenvalue weighted by atomic mass is 10.4. The second-order valence-electron chi connectivity index (χ2n) is 3.90. The van der Waals surface area contributed by atoms with E-state index in [9.17, 15) is 0 Å². The Hall–Kier alpha value is -0.160. The van der Waals surface area contributed by atoms with Crippen LogP contribution in [0.3, 0.4) is 0 Å². The molecular formula is C10H24NO3+. The average molecular weight is 206 g/mol. The molecule has 0 unspecified atom stereocenters. The summed E-state index contributed by atoms with van der Waals surface area (Å²) in [6.07, 6.45) is 2.20. The number of aliphatic hydroxyl groups is 2. The van der Waals surface area contributed by atoms with Crippen molar-refractivity contribution in [2.75, 3.05) is 46.7 Å². The van der Waals surface area contributed by atoms with Crippen molar-refractivity contribution in [3.05, 3.63) is 0 Å². The molecule has 0 atom stereocenters. The van der Waals surface area contributed by atoms with Gasteiger partial charge in [-0.25, -0.2) is 0 Å².